The number of halogens is 1. The quantitative estimate of drug-likeness (QED) is 0.281. The zero-order valence-electron chi connectivity index (χ0n) is 19.5. The molecule has 0 radical (unpaired) electrons. The Kier molecular flexibility index (Phi) is 8.31. The number of hydrogen-bond acceptors (Lipinski definition) is 7. The maximum Gasteiger partial charge on any atom is 0.320 e. The SMILES string of the molecule is CCOC(=O)CN1C(c2ccco2)CC(OC)COP1(=O)c1ccc(Oc2ccc(Cl)cc2)cc1. The van der Waals surface area contributed by atoms with Crippen LogP contribution in [0.5, 0.6) is 11.5 Å². The van der Waals surface area contributed by atoms with Crippen LogP contribution in [0.25, 0.3) is 0 Å². The molecule has 1 fully saturated rings. The van der Waals surface area contributed by atoms with Crippen LogP contribution in [0.4, 0.5) is 0 Å². The van der Waals surface area contributed by atoms with Gasteiger partial charge in [0.2, 0.25) is 0 Å². The van der Waals surface area contributed by atoms with Gasteiger partial charge in [-0.15, -0.1) is 0 Å². The summed E-state index contributed by atoms with van der Waals surface area (Å²) < 4.78 is 44.4. The largest absolute Gasteiger partial charge is 0.468 e. The fourth-order valence-corrected chi connectivity index (χ4v) is 6.39. The van der Waals surface area contributed by atoms with Crippen molar-refractivity contribution < 1.29 is 32.5 Å². The van der Waals surface area contributed by atoms with Gasteiger partial charge < -0.3 is 23.2 Å². The smallest absolute Gasteiger partial charge is 0.320 e. The monoisotopic (exact) mass is 519 g/mol. The predicted molar refractivity (Wildman–Crippen MR) is 131 cm³/mol. The molecule has 2 heterocycles. The highest BCUT2D eigenvalue weighted by Crippen LogP contribution is 2.57. The van der Waals surface area contributed by atoms with Crippen LogP contribution in [0.2, 0.25) is 5.02 Å². The highest BCUT2D eigenvalue weighted by molar-refractivity contribution is 7.64. The molecule has 2 aromatic carbocycles. The van der Waals surface area contributed by atoms with Crippen molar-refractivity contribution in [1.29, 1.82) is 0 Å². The van der Waals surface area contributed by atoms with Gasteiger partial charge >= 0.3 is 13.5 Å². The van der Waals surface area contributed by atoms with E-state index in [1.165, 1.54) is 4.67 Å². The molecule has 1 aromatic heterocycles. The topological polar surface area (TPSA) is 87.4 Å². The lowest BCUT2D eigenvalue weighted by Crippen LogP contribution is -2.35. The molecule has 0 saturated carbocycles. The molecule has 35 heavy (non-hydrogen) atoms. The average molecular weight is 520 g/mol. The molecule has 0 amide bonds. The van der Waals surface area contributed by atoms with E-state index in [4.69, 9.17) is 34.8 Å². The Labute approximate surface area is 209 Å². The Morgan fingerprint density at radius 1 is 1.11 bits per heavy atom. The van der Waals surface area contributed by atoms with E-state index < -0.39 is 19.5 Å². The van der Waals surface area contributed by atoms with Crippen molar-refractivity contribution in [3.63, 3.8) is 0 Å². The second-order valence-corrected chi connectivity index (χ2v) is 10.7. The highest BCUT2D eigenvalue weighted by Gasteiger charge is 2.45. The Morgan fingerprint density at radius 3 is 2.40 bits per heavy atom. The van der Waals surface area contributed by atoms with Gasteiger partial charge in [-0.25, -0.2) is 4.67 Å². The highest BCUT2D eigenvalue weighted by atomic mass is 35.5. The van der Waals surface area contributed by atoms with E-state index >= 15 is 0 Å². The number of carbonyl (C=O) groups excluding carboxylic acids is 1. The molecule has 0 N–H and O–H groups in total. The summed E-state index contributed by atoms with van der Waals surface area (Å²) in [4.78, 5) is 12.6. The first-order valence-corrected chi connectivity index (χ1v) is 13.2. The standard InChI is InChI=1S/C25H27ClNO7P/c1-3-31-25(28)16-27-23(24-5-4-14-32-24)15-21(30-2)17-33-35(27,29)22-12-10-20(11-13-22)34-19-8-6-18(26)7-9-19/h4-14,21,23H,3,15-17H2,1-2H3. The molecule has 10 heteroatoms. The van der Waals surface area contributed by atoms with E-state index in [1.807, 2.05) is 0 Å². The lowest BCUT2D eigenvalue weighted by molar-refractivity contribution is -0.143. The number of esters is 1. The van der Waals surface area contributed by atoms with Crippen molar-refractivity contribution in [2.45, 2.75) is 25.5 Å². The number of carbonyl (C=O) groups is 1. The van der Waals surface area contributed by atoms with Crippen molar-refractivity contribution in [2.75, 3.05) is 26.9 Å². The van der Waals surface area contributed by atoms with Crippen molar-refractivity contribution in [3.8, 4) is 11.5 Å². The van der Waals surface area contributed by atoms with Crippen LogP contribution in [0.3, 0.4) is 0 Å². The summed E-state index contributed by atoms with van der Waals surface area (Å²) in [5.74, 6) is 1.22. The number of furan rings is 1. The second-order valence-electron chi connectivity index (χ2n) is 7.89. The first-order chi connectivity index (χ1) is 16.9. The summed E-state index contributed by atoms with van der Waals surface area (Å²) in [6, 6.07) is 16.7. The third-order valence-electron chi connectivity index (χ3n) is 5.63. The van der Waals surface area contributed by atoms with E-state index in [1.54, 1.807) is 81.0 Å². The van der Waals surface area contributed by atoms with Gasteiger partial charge in [0.1, 0.15) is 23.8 Å². The van der Waals surface area contributed by atoms with Gasteiger partial charge in [-0.1, -0.05) is 11.6 Å². The first kappa shape index (κ1) is 25.5. The summed E-state index contributed by atoms with van der Waals surface area (Å²) in [5, 5.41) is 1.03. The molecule has 3 atom stereocenters. The minimum absolute atomic E-state index is 0.0906. The van der Waals surface area contributed by atoms with Gasteiger partial charge in [-0.05, 0) is 74.0 Å². The van der Waals surface area contributed by atoms with E-state index in [2.05, 4.69) is 0 Å². The van der Waals surface area contributed by atoms with E-state index in [9.17, 15) is 9.36 Å². The molecule has 8 nitrogen and oxygen atoms in total. The van der Waals surface area contributed by atoms with Crippen LogP contribution in [-0.4, -0.2) is 43.6 Å². The van der Waals surface area contributed by atoms with Gasteiger partial charge in [0.05, 0.1) is 36.9 Å². The average Bonchev–Trinajstić information content (AvgIpc) is 3.35. The molecule has 0 aliphatic carbocycles. The molecule has 3 unspecified atom stereocenters. The molecule has 1 aliphatic heterocycles. The van der Waals surface area contributed by atoms with Crippen molar-refractivity contribution >= 4 is 30.4 Å². The normalized spacial score (nSPS) is 22.9. The minimum Gasteiger partial charge on any atom is -0.468 e. The number of methoxy groups -OCH3 is 1. The van der Waals surface area contributed by atoms with Crippen molar-refractivity contribution in [2.24, 2.45) is 0 Å². The molecule has 1 aliphatic rings. The fraction of sp³-hybridized carbons (Fsp3) is 0.320. The lowest BCUT2D eigenvalue weighted by Gasteiger charge is -2.33. The Morgan fingerprint density at radius 2 is 1.80 bits per heavy atom. The molecule has 1 saturated heterocycles. The summed E-state index contributed by atoms with van der Waals surface area (Å²) >= 11 is 5.94. The van der Waals surface area contributed by atoms with Crippen LogP contribution >= 0.6 is 19.1 Å². The van der Waals surface area contributed by atoms with Gasteiger partial charge in [-0.2, -0.15) is 0 Å². The third-order valence-corrected chi connectivity index (χ3v) is 8.43. The number of hydrogen-bond donors (Lipinski definition) is 0. The van der Waals surface area contributed by atoms with Crippen LogP contribution < -0.4 is 10.0 Å². The van der Waals surface area contributed by atoms with Crippen LogP contribution in [0.1, 0.15) is 25.1 Å². The molecule has 0 bridgehead atoms. The third kappa shape index (κ3) is 5.97. The molecule has 3 aromatic rings. The van der Waals surface area contributed by atoms with Crippen LogP contribution in [0, 0.1) is 0 Å². The van der Waals surface area contributed by atoms with Crippen LogP contribution in [0.15, 0.2) is 71.3 Å². The summed E-state index contributed by atoms with van der Waals surface area (Å²) in [5.41, 5.74) is 0. The number of rotatable bonds is 8. The fourth-order valence-electron chi connectivity index (χ4n) is 3.90. The van der Waals surface area contributed by atoms with Crippen molar-refractivity contribution in [1.82, 2.24) is 4.67 Å². The first-order valence-electron chi connectivity index (χ1n) is 11.2. The molecule has 0 spiro atoms. The van der Waals surface area contributed by atoms with Crippen molar-refractivity contribution in [3.05, 3.63) is 77.7 Å². The lowest BCUT2D eigenvalue weighted by atomic mass is 10.1. The van der Waals surface area contributed by atoms with Gasteiger partial charge in [0.25, 0.3) is 0 Å². The maximum atomic E-state index is 14.5. The van der Waals surface area contributed by atoms with E-state index in [0.717, 1.165) is 0 Å². The number of nitrogens with zero attached hydrogens (tertiary/aromatic N) is 1. The molecular weight excluding hydrogens is 493 g/mol. The summed E-state index contributed by atoms with van der Waals surface area (Å²) in [6.07, 6.45) is 1.61. The predicted octanol–water partition coefficient (Wildman–Crippen LogP) is 5.59. The van der Waals surface area contributed by atoms with E-state index in [-0.39, 0.29) is 25.9 Å². The molecular formula is C25H27ClNO7P. The molecule has 4 rings (SSSR count). The zero-order valence-corrected chi connectivity index (χ0v) is 21.1. The summed E-state index contributed by atoms with van der Waals surface area (Å²) in [6.45, 7) is 1.78. The maximum absolute atomic E-state index is 14.5. The van der Waals surface area contributed by atoms with Gasteiger partial charge in [0, 0.05) is 12.1 Å². The second kappa shape index (κ2) is 11.4. The minimum atomic E-state index is -3.73. The Balaban J connectivity index is 1.69. The number of ether oxygens (including phenoxy) is 3. The zero-order chi connectivity index (χ0) is 24.8. The summed E-state index contributed by atoms with van der Waals surface area (Å²) in [7, 11) is -2.16. The van der Waals surface area contributed by atoms with Gasteiger partial charge in [-0.3, -0.25) is 9.36 Å². The Hall–Kier alpha value is -2.61. The number of benzene rings is 2. The Bertz CT molecular complexity index is 1150. The van der Waals surface area contributed by atoms with Crippen LogP contribution in [-0.2, 0) is 23.4 Å². The molecule has 186 valence electrons. The van der Waals surface area contributed by atoms with E-state index in [0.29, 0.717) is 34.0 Å². The van der Waals surface area contributed by atoms with Gasteiger partial charge in [0.15, 0.2) is 0 Å².